The Morgan fingerprint density at radius 3 is 2.38 bits per heavy atom. The van der Waals surface area contributed by atoms with Gasteiger partial charge in [-0.05, 0) is 34.2 Å². The monoisotopic (exact) mass is 382 g/mol. The van der Waals surface area contributed by atoms with Crippen LogP contribution in [0.2, 0.25) is 0 Å². The Labute approximate surface area is 147 Å². The topological polar surface area (TPSA) is 77.7 Å². The van der Waals surface area contributed by atoms with Gasteiger partial charge in [0.25, 0.3) is 0 Å². The number of hydrogen-bond acceptors (Lipinski definition) is 5. The van der Waals surface area contributed by atoms with Crippen molar-refractivity contribution in [3.8, 4) is 5.69 Å². The van der Waals surface area contributed by atoms with Crippen LogP contribution in [0.4, 0.5) is 13.2 Å². The van der Waals surface area contributed by atoms with E-state index >= 15 is 0 Å². The number of nitrogens with zero attached hydrogens (tertiary/aromatic N) is 4. The van der Waals surface area contributed by atoms with Gasteiger partial charge in [-0.15, -0.1) is 5.10 Å². The Bertz CT molecular complexity index is 1000. The number of hydrogen-bond donors (Lipinski definition) is 0. The van der Waals surface area contributed by atoms with E-state index in [0.29, 0.717) is 5.69 Å². The molecule has 0 amide bonds. The maximum Gasteiger partial charge on any atom is 0.416 e. The second-order valence-corrected chi connectivity index (χ2v) is 7.64. The molecule has 1 heterocycles. The smallest absolute Gasteiger partial charge is 0.228 e. The summed E-state index contributed by atoms with van der Waals surface area (Å²) in [7, 11) is -3.78. The van der Waals surface area contributed by atoms with E-state index < -0.39 is 33.1 Å². The lowest BCUT2D eigenvalue weighted by atomic mass is 10.1. The molecule has 0 atom stereocenters. The summed E-state index contributed by atoms with van der Waals surface area (Å²) in [5.41, 5.74) is -0.250. The standard InChI is InChI=1S/C16H13F3N4O2S/c17-16(18,19)13-6-4-5-12(9-13)10-26(24,25)11-15-20-21-22-23(15)14-7-2-1-3-8-14/h1-9H,10-11H2. The van der Waals surface area contributed by atoms with E-state index in [1.165, 1.54) is 16.8 Å². The molecule has 136 valence electrons. The van der Waals surface area contributed by atoms with Gasteiger partial charge in [-0.2, -0.15) is 17.9 Å². The highest BCUT2D eigenvalue weighted by atomic mass is 32.2. The molecule has 0 aliphatic carbocycles. The van der Waals surface area contributed by atoms with Gasteiger partial charge in [-0.1, -0.05) is 36.4 Å². The van der Waals surface area contributed by atoms with E-state index in [0.717, 1.165) is 12.1 Å². The first-order valence-electron chi connectivity index (χ1n) is 7.44. The average molecular weight is 382 g/mol. The third-order valence-corrected chi connectivity index (χ3v) is 5.00. The number of aromatic nitrogens is 4. The molecule has 26 heavy (non-hydrogen) atoms. The van der Waals surface area contributed by atoms with Gasteiger partial charge >= 0.3 is 6.18 Å². The molecule has 3 rings (SSSR count). The number of alkyl halides is 3. The molecule has 6 nitrogen and oxygen atoms in total. The van der Waals surface area contributed by atoms with E-state index in [2.05, 4.69) is 15.5 Å². The van der Waals surface area contributed by atoms with Crippen LogP contribution in [0.3, 0.4) is 0 Å². The van der Waals surface area contributed by atoms with E-state index in [9.17, 15) is 21.6 Å². The molecule has 0 saturated carbocycles. The van der Waals surface area contributed by atoms with Gasteiger partial charge in [-0.25, -0.2) is 8.42 Å². The van der Waals surface area contributed by atoms with Crippen LogP contribution in [0.5, 0.6) is 0 Å². The summed E-state index contributed by atoms with van der Waals surface area (Å²) in [6.07, 6.45) is -4.53. The molecule has 10 heteroatoms. The van der Waals surface area contributed by atoms with Crippen molar-refractivity contribution in [3.63, 3.8) is 0 Å². The molecule has 0 unspecified atom stereocenters. The Kier molecular flexibility index (Phi) is 4.77. The zero-order chi connectivity index (χ0) is 18.8. The van der Waals surface area contributed by atoms with Gasteiger partial charge in [0.2, 0.25) is 0 Å². The van der Waals surface area contributed by atoms with E-state index in [-0.39, 0.29) is 11.4 Å². The van der Waals surface area contributed by atoms with Crippen molar-refractivity contribution in [3.05, 3.63) is 71.5 Å². The molecule has 0 spiro atoms. The second-order valence-electron chi connectivity index (χ2n) is 5.57. The van der Waals surface area contributed by atoms with Crippen LogP contribution in [0.1, 0.15) is 17.0 Å². The first-order valence-corrected chi connectivity index (χ1v) is 9.26. The van der Waals surface area contributed by atoms with Crippen molar-refractivity contribution in [2.45, 2.75) is 17.7 Å². The Morgan fingerprint density at radius 1 is 0.962 bits per heavy atom. The zero-order valence-corrected chi connectivity index (χ0v) is 14.1. The van der Waals surface area contributed by atoms with Crippen LogP contribution in [-0.4, -0.2) is 28.6 Å². The molecule has 0 radical (unpaired) electrons. The fourth-order valence-corrected chi connectivity index (χ4v) is 3.77. The first kappa shape index (κ1) is 18.1. The van der Waals surface area contributed by atoms with Gasteiger partial charge in [0.1, 0.15) is 5.75 Å². The molecule has 3 aromatic rings. The van der Waals surface area contributed by atoms with Gasteiger partial charge in [-0.3, -0.25) is 0 Å². The minimum Gasteiger partial charge on any atom is -0.228 e. The van der Waals surface area contributed by atoms with E-state index in [1.807, 2.05) is 0 Å². The summed E-state index contributed by atoms with van der Waals surface area (Å²) in [5, 5.41) is 11.0. The highest BCUT2D eigenvalue weighted by Gasteiger charge is 2.30. The fourth-order valence-electron chi connectivity index (χ4n) is 2.40. The maximum atomic E-state index is 12.8. The number of rotatable bonds is 5. The molecule has 0 aliphatic heterocycles. The molecule has 0 N–H and O–H groups in total. The molecule has 0 fully saturated rings. The van der Waals surface area contributed by atoms with Crippen molar-refractivity contribution in [1.82, 2.24) is 20.2 Å². The van der Waals surface area contributed by atoms with E-state index in [1.54, 1.807) is 30.3 Å². The van der Waals surface area contributed by atoms with Crippen LogP contribution in [0.25, 0.3) is 5.69 Å². The van der Waals surface area contributed by atoms with E-state index in [4.69, 9.17) is 0 Å². The van der Waals surface area contributed by atoms with Crippen molar-refractivity contribution >= 4 is 9.84 Å². The normalized spacial score (nSPS) is 12.3. The lowest BCUT2D eigenvalue weighted by Crippen LogP contribution is -2.13. The lowest BCUT2D eigenvalue weighted by Gasteiger charge is -2.09. The first-order chi connectivity index (χ1) is 12.2. The third kappa shape index (κ3) is 4.26. The second kappa shape index (κ2) is 6.87. The summed E-state index contributed by atoms with van der Waals surface area (Å²) in [6, 6.07) is 12.9. The Hall–Kier alpha value is -2.75. The molecular formula is C16H13F3N4O2S. The van der Waals surface area contributed by atoms with Crippen LogP contribution in [0, 0.1) is 0 Å². The van der Waals surface area contributed by atoms with Gasteiger partial charge in [0.05, 0.1) is 17.0 Å². The number of sulfone groups is 1. The quantitative estimate of drug-likeness (QED) is 0.678. The van der Waals surface area contributed by atoms with Gasteiger partial charge < -0.3 is 0 Å². The molecular weight excluding hydrogens is 369 g/mol. The van der Waals surface area contributed by atoms with Gasteiger partial charge in [0, 0.05) is 0 Å². The number of tetrazole rings is 1. The molecule has 2 aromatic carbocycles. The summed E-state index contributed by atoms with van der Waals surface area (Å²) < 4.78 is 64.4. The molecule has 1 aromatic heterocycles. The summed E-state index contributed by atoms with van der Waals surface area (Å²) in [4.78, 5) is 0. The summed E-state index contributed by atoms with van der Waals surface area (Å²) in [5.74, 6) is -0.952. The highest BCUT2D eigenvalue weighted by Crippen LogP contribution is 2.30. The van der Waals surface area contributed by atoms with Crippen LogP contribution in [0.15, 0.2) is 54.6 Å². The minimum atomic E-state index is -4.53. The molecule has 0 saturated heterocycles. The SMILES string of the molecule is O=S(=O)(Cc1cccc(C(F)(F)F)c1)Cc1nnnn1-c1ccccc1. The van der Waals surface area contributed by atoms with Crippen molar-refractivity contribution < 1.29 is 21.6 Å². The number of halogens is 3. The zero-order valence-electron chi connectivity index (χ0n) is 13.3. The highest BCUT2D eigenvalue weighted by molar-refractivity contribution is 7.89. The third-order valence-electron chi connectivity index (χ3n) is 3.52. The number of benzene rings is 2. The van der Waals surface area contributed by atoms with Gasteiger partial charge in [0.15, 0.2) is 15.7 Å². The van der Waals surface area contributed by atoms with Crippen LogP contribution < -0.4 is 0 Å². The molecule has 0 bridgehead atoms. The minimum absolute atomic E-state index is 0.0542. The van der Waals surface area contributed by atoms with Crippen molar-refractivity contribution in [2.75, 3.05) is 0 Å². The Morgan fingerprint density at radius 2 is 1.69 bits per heavy atom. The largest absolute Gasteiger partial charge is 0.416 e. The summed E-state index contributed by atoms with van der Waals surface area (Å²) >= 11 is 0. The lowest BCUT2D eigenvalue weighted by molar-refractivity contribution is -0.137. The summed E-state index contributed by atoms with van der Waals surface area (Å²) in [6.45, 7) is 0. The average Bonchev–Trinajstić information content (AvgIpc) is 3.02. The predicted octanol–water partition coefficient (Wildman–Crippen LogP) is 2.80. The van der Waals surface area contributed by atoms with Crippen molar-refractivity contribution in [2.24, 2.45) is 0 Å². The number of para-hydroxylation sites is 1. The Balaban J connectivity index is 1.82. The fraction of sp³-hybridized carbons (Fsp3) is 0.188. The maximum absolute atomic E-state index is 12.8. The predicted molar refractivity (Wildman–Crippen MR) is 86.9 cm³/mol. The van der Waals surface area contributed by atoms with Crippen LogP contribution >= 0.6 is 0 Å². The van der Waals surface area contributed by atoms with Crippen molar-refractivity contribution in [1.29, 1.82) is 0 Å². The van der Waals surface area contributed by atoms with Crippen LogP contribution in [-0.2, 0) is 27.5 Å². The molecule has 0 aliphatic rings.